The Balaban J connectivity index is 1.90. The van der Waals surface area contributed by atoms with Crippen LogP contribution < -0.4 is 5.32 Å². The zero-order chi connectivity index (χ0) is 17.6. The van der Waals surface area contributed by atoms with Crippen molar-refractivity contribution in [1.82, 2.24) is 14.6 Å². The van der Waals surface area contributed by atoms with Crippen molar-refractivity contribution < 1.29 is 13.2 Å². The molecule has 2 rings (SSSR count). The smallest absolute Gasteiger partial charge is 0.246 e. The lowest BCUT2D eigenvalue weighted by molar-refractivity contribution is -0.126. The molecule has 1 aromatic rings. The van der Waals surface area contributed by atoms with Gasteiger partial charge < -0.3 is 5.32 Å². The Morgan fingerprint density at radius 1 is 1.38 bits per heavy atom. The number of sulfonamides is 1. The first-order valence-electron chi connectivity index (χ1n) is 8.35. The second kappa shape index (κ2) is 8.78. The van der Waals surface area contributed by atoms with Crippen LogP contribution in [0, 0.1) is 5.92 Å². The zero-order valence-corrected chi connectivity index (χ0v) is 15.4. The first-order chi connectivity index (χ1) is 11.5. The number of hydrogen-bond acceptors (Lipinski definition) is 4. The second-order valence-electron chi connectivity index (χ2n) is 5.97. The molecular formula is C16H24ClN3O3S. The summed E-state index contributed by atoms with van der Waals surface area (Å²) in [6.07, 6.45) is 5.70. The molecule has 8 heteroatoms. The number of carbonyl (C=O) groups excluding carboxylic acids is 1. The maximum Gasteiger partial charge on any atom is 0.246 e. The molecule has 134 valence electrons. The number of piperidine rings is 1. The molecule has 2 heterocycles. The van der Waals surface area contributed by atoms with Crippen LogP contribution in [-0.2, 0) is 14.8 Å². The highest BCUT2D eigenvalue weighted by molar-refractivity contribution is 7.89. The summed E-state index contributed by atoms with van der Waals surface area (Å²) in [5.41, 5.74) is 0. The van der Waals surface area contributed by atoms with Crippen molar-refractivity contribution in [3.05, 3.63) is 23.5 Å². The lowest BCUT2D eigenvalue weighted by Gasteiger charge is -2.30. The molecule has 1 aliphatic rings. The minimum Gasteiger partial charge on any atom is -0.356 e. The molecule has 0 saturated carbocycles. The number of halogens is 1. The first-order valence-corrected chi connectivity index (χ1v) is 10.2. The van der Waals surface area contributed by atoms with Gasteiger partial charge in [0.25, 0.3) is 0 Å². The van der Waals surface area contributed by atoms with Crippen molar-refractivity contribution in [3.8, 4) is 0 Å². The molecule has 0 unspecified atom stereocenters. The van der Waals surface area contributed by atoms with Gasteiger partial charge in [0, 0.05) is 31.7 Å². The molecular weight excluding hydrogens is 350 g/mol. The molecule has 0 radical (unpaired) electrons. The molecule has 6 nitrogen and oxygen atoms in total. The molecule has 0 spiro atoms. The van der Waals surface area contributed by atoms with Crippen molar-refractivity contribution in [2.24, 2.45) is 5.92 Å². The number of carbonyl (C=O) groups is 1. The molecule has 1 saturated heterocycles. The second-order valence-corrected chi connectivity index (χ2v) is 8.23. The van der Waals surface area contributed by atoms with Gasteiger partial charge in [-0.3, -0.25) is 4.79 Å². The van der Waals surface area contributed by atoms with Crippen LogP contribution in [0.4, 0.5) is 0 Å². The maximum atomic E-state index is 12.6. The number of aromatic nitrogens is 1. The molecule has 0 aliphatic carbocycles. The van der Waals surface area contributed by atoms with E-state index in [-0.39, 0.29) is 21.9 Å². The van der Waals surface area contributed by atoms with Crippen molar-refractivity contribution in [1.29, 1.82) is 0 Å². The van der Waals surface area contributed by atoms with E-state index in [2.05, 4.69) is 17.2 Å². The SMILES string of the molecule is CCCCCNC(=O)C1CCN(S(=O)(=O)c2cccnc2Cl)CC1. The van der Waals surface area contributed by atoms with Crippen LogP contribution in [0.3, 0.4) is 0 Å². The summed E-state index contributed by atoms with van der Waals surface area (Å²) in [6, 6.07) is 3.01. The Morgan fingerprint density at radius 2 is 2.08 bits per heavy atom. The molecule has 1 aliphatic heterocycles. The van der Waals surface area contributed by atoms with Crippen molar-refractivity contribution >= 4 is 27.5 Å². The molecule has 0 bridgehead atoms. The summed E-state index contributed by atoms with van der Waals surface area (Å²) in [6.45, 7) is 3.45. The van der Waals surface area contributed by atoms with Gasteiger partial charge in [-0.1, -0.05) is 31.4 Å². The average molecular weight is 374 g/mol. The number of amides is 1. The number of nitrogens with zero attached hydrogens (tertiary/aromatic N) is 2. The van der Waals surface area contributed by atoms with Crippen LogP contribution in [0.15, 0.2) is 23.2 Å². The molecule has 1 amide bonds. The largest absolute Gasteiger partial charge is 0.356 e. The highest BCUT2D eigenvalue weighted by Crippen LogP contribution is 2.26. The van der Waals surface area contributed by atoms with Gasteiger partial charge in [-0.05, 0) is 31.4 Å². The van der Waals surface area contributed by atoms with E-state index >= 15 is 0 Å². The Kier molecular flexibility index (Phi) is 7.01. The Labute approximate surface area is 148 Å². The zero-order valence-electron chi connectivity index (χ0n) is 13.9. The summed E-state index contributed by atoms with van der Waals surface area (Å²) in [5, 5.41) is 2.92. The minimum atomic E-state index is -3.66. The van der Waals surface area contributed by atoms with Gasteiger partial charge in [-0.25, -0.2) is 13.4 Å². The third-order valence-corrected chi connectivity index (χ3v) is 6.59. The first kappa shape index (κ1) is 19.1. The number of hydrogen-bond donors (Lipinski definition) is 1. The molecule has 0 atom stereocenters. The Hall–Kier alpha value is -1.18. The van der Waals surface area contributed by atoms with E-state index in [1.165, 1.54) is 16.6 Å². The van der Waals surface area contributed by atoms with E-state index < -0.39 is 10.0 Å². The number of unbranched alkanes of at least 4 members (excludes halogenated alkanes) is 2. The topological polar surface area (TPSA) is 79.4 Å². The Morgan fingerprint density at radius 3 is 2.71 bits per heavy atom. The van der Waals surface area contributed by atoms with Crippen LogP contribution in [-0.4, -0.2) is 43.2 Å². The van der Waals surface area contributed by atoms with Crippen LogP contribution in [0.1, 0.15) is 39.0 Å². The molecule has 24 heavy (non-hydrogen) atoms. The van der Waals surface area contributed by atoms with Gasteiger partial charge in [0.2, 0.25) is 15.9 Å². The standard InChI is InChI=1S/C16H24ClN3O3S/c1-2-3-4-9-19-16(21)13-7-11-20(12-8-13)24(22,23)14-6-5-10-18-15(14)17/h5-6,10,13H,2-4,7-9,11-12H2,1H3,(H,19,21). The maximum absolute atomic E-state index is 12.6. The van der Waals surface area contributed by atoms with Crippen LogP contribution in [0.5, 0.6) is 0 Å². The van der Waals surface area contributed by atoms with E-state index in [9.17, 15) is 13.2 Å². The fourth-order valence-corrected chi connectivity index (χ4v) is 4.69. The summed E-state index contributed by atoms with van der Waals surface area (Å²) in [7, 11) is -3.66. The van der Waals surface area contributed by atoms with Gasteiger partial charge >= 0.3 is 0 Å². The van der Waals surface area contributed by atoms with Gasteiger partial charge in [-0.15, -0.1) is 0 Å². The predicted molar refractivity (Wildman–Crippen MR) is 93.3 cm³/mol. The summed E-state index contributed by atoms with van der Waals surface area (Å²) < 4.78 is 26.6. The lowest BCUT2D eigenvalue weighted by Crippen LogP contribution is -2.43. The quantitative estimate of drug-likeness (QED) is 0.588. The lowest BCUT2D eigenvalue weighted by atomic mass is 9.97. The highest BCUT2D eigenvalue weighted by atomic mass is 35.5. The van der Waals surface area contributed by atoms with E-state index in [0.29, 0.717) is 32.5 Å². The van der Waals surface area contributed by atoms with Crippen molar-refractivity contribution in [2.45, 2.75) is 43.9 Å². The molecule has 0 aromatic carbocycles. The Bertz CT molecular complexity index is 658. The van der Waals surface area contributed by atoms with Crippen LogP contribution >= 0.6 is 11.6 Å². The van der Waals surface area contributed by atoms with Gasteiger partial charge in [0.15, 0.2) is 0 Å². The normalized spacial score (nSPS) is 16.9. The average Bonchev–Trinajstić information content (AvgIpc) is 2.59. The third-order valence-electron chi connectivity index (χ3n) is 4.25. The van der Waals surface area contributed by atoms with E-state index in [4.69, 9.17) is 11.6 Å². The molecule has 1 fully saturated rings. The summed E-state index contributed by atoms with van der Waals surface area (Å²) in [5.74, 6) is -0.0926. The molecule has 1 aromatic heterocycles. The van der Waals surface area contributed by atoms with E-state index in [1.807, 2.05) is 0 Å². The number of rotatable bonds is 7. The number of pyridine rings is 1. The van der Waals surface area contributed by atoms with Gasteiger partial charge in [0.05, 0.1) is 0 Å². The molecule has 1 N–H and O–H groups in total. The third kappa shape index (κ3) is 4.68. The fraction of sp³-hybridized carbons (Fsp3) is 0.625. The predicted octanol–water partition coefficient (Wildman–Crippen LogP) is 2.44. The van der Waals surface area contributed by atoms with E-state index in [0.717, 1.165) is 19.3 Å². The van der Waals surface area contributed by atoms with Gasteiger partial charge in [0.1, 0.15) is 10.0 Å². The monoisotopic (exact) mass is 373 g/mol. The van der Waals surface area contributed by atoms with Crippen LogP contribution in [0.25, 0.3) is 0 Å². The summed E-state index contributed by atoms with van der Waals surface area (Å²) >= 11 is 5.91. The van der Waals surface area contributed by atoms with Crippen molar-refractivity contribution in [3.63, 3.8) is 0 Å². The fourth-order valence-electron chi connectivity index (χ4n) is 2.79. The van der Waals surface area contributed by atoms with E-state index in [1.54, 1.807) is 6.07 Å². The minimum absolute atomic E-state index is 0.0201. The van der Waals surface area contributed by atoms with Gasteiger partial charge in [-0.2, -0.15) is 4.31 Å². The highest BCUT2D eigenvalue weighted by Gasteiger charge is 2.33. The van der Waals surface area contributed by atoms with Crippen molar-refractivity contribution in [2.75, 3.05) is 19.6 Å². The van der Waals surface area contributed by atoms with Crippen LogP contribution in [0.2, 0.25) is 5.15 Å². The summed E-state index contributed by atoms with van der Waals surface area (Å²) in [4.78, 5) is 16.0. The number of nitrogens with one attached hydrogen (secondary N) is 1.